The second-order valence-corrected chi connectivity index (χ2v) is 3.77. The maximum absolute atomic E-state index is 9.68. The average Bonchev–Trinajstić information content (AvgIpc) is 2.70. The van der Waals surface area contributed by atoms with E-state index in [4.69, 9.17) is 4.42 Å². The Balaban J connectivity index is 2.17. The molecule has 0 aliphatic carbocycles. The van der Waals surface area contributed by atoms with E-state index in [1.807, 2.05) is 6.92 Å². The van der Waals surface area contributed by atoms with E-state index in [1.54, 1.807) is 18.3 Å². The molecular formula is C12H13NO3. The highest BCUT2D eigenvalue weighted by Crippen LogP contribution is 2.30. The van der Waals surface area contributed by atoms with Crippen molar-refractivity contribution in [2.45, 2.75) is 19.3 Å². The van der Waals surface area contributed by atoms with Crippen molar-refractivity contribution in [2.75, 3.05) is 0 Å². The van der Waals surface area contributed by atoms with Gasteiger partial charge in [-0.2, -0.15) is 0 Å². The summed E-state index contributed by atoms with van der Waals surface area (Å²) in [5, 5.41) is 18.9. The highest BCUT2D eigenvalue weighted by molar-refractivity contribution is 5.41. The lowest BCUT2D eigenvalue weighted by molar-refractivity contribution is 0.436. The summed E-state index contributed by atoms with van der Waals surface area (Å²) in [4.78, 5) is 4.03. The van der Waals surface area contributed by atoms with E-state index in [2.05, 4.69) is 4.98 Å². The quantitative estimate of drug-likeness (QED) is 0.832. The van der Waals surface area contributed by atoms with Crippen LogP contribution in [0, 0.1) is 0 Å². The Morgan fingerprint density at radius 2 is 2.19 bits per heavy atom. The number of aromatic hydroxyl groups is 2. The lowest BCUT2D eigenvalue weighted by atomic mass is 9.97. The molecule has 0 aliphatic heterocycles. The Hall–Kier alpha value is -1.97. The van der Waals surface area contributed by atoms with Gasteiger partial charge in [-0.05, 0) is 17.5 Å². The molecule has 4 nitrogen and oxygen atoms in total. The third-order valence-electron chi connectivity index (χ3n) is 2.51. The molecule has 1 unspecified atom stereocenters. The van der Waals surface area contributed by atoms with Crippen molar-refractivity contribution in [1.29, 1.82) is 0 Å². The molecule has 0 bridgehead atoms. The van der Waals surface area contributed by atoms with Crippen molar-refractivity contribution >= 4 is 0 Å². The highest BCUT2D eigenvalue weighted by atomic mass is 16.3. The van der Waals surface area contributed by atoms with Gasteiger partial charge in [-0.25, -0.2) is 4.98 Å². The van der Waals surface area contributed by atoms with Crippen LogP contribution in [0.5, 0.6) is 11.5 Å². The fourth-order valence-corrected chi connectivity index (χ4v) is 1.67. The summed E-state index contributed by atoms with van der Waals surface area (Å²) in [7, 11) is 0. The topological polar surface area (TPSA) is 66.5 Å². The van der Waals surface area contributed by atoms with Crippen LogP contribution in [0.3, 0.4) is 0 Å². The van der Waals surface area contributed by atoms with E-state index in [9.17, 15) is 10.2 Å². The molecule has 1 atom stereocenters. The maximum Gasteiger partial charge on any atom is 0.194 e. The standard InChI is InChI=1S/C12H13NO3/c1-8(6-12-13-4-5-16-12)10-3-2-9(14)7-11(10)15/h2-5,7-8,14-15H,6H2,1H3. The summed E-state index contributed by atoms with van der Waals surface area (Å²) in [6.45, 7) is 1.97. The van der Waals surface area contributed by atoms with Crippen LogP contribution in [0.2, 0.25) is 0 Å². The average molecular weight is 219 g/mol. The fourth-order valence-electron chi connectivity index (χ4n) is 1.67. The molecule has 2 rings (SSSR count). The van der Waals surface area contributed by atoms with Crippen LogP contribution in [-0.4, -0.2) is 15.2 Å². The Morgan fingerprint density at radius 3 is 2.81 bits per heavy atom. The van der Waals surface area contributed by atoms with Gasteiger partial charge in [-0.1, -0.05) is 13.0 Å². The van der Waals surface area contributed by atoms with E-state index in [-0.39, 0.29) is 17.4 Å². The van der Waals surface area contributed by atoms with Crippen molar-refractivity contribution in [3.63, 3.8) is 0 Å². The lowest BCUT2D eigenvalue weighted by Gasteiger charge is -2.11. The molecule has 1 heterocycles. The van der Waals surface area contributed by atoms with Gasteiger partial charge in [0.15, 0.2) is 5.89 Å². The number of rotatable bonds is 3. The SMILES string of the molecule is CC(Cc1ncco1)c1ccc(O)cc1O. The van der Waals surface area contributed by atoms with Gasteiger partial charge in [-0.15, -0.1) is 0 Å². The first-order valence-electron chi connectivity index (χ1n) is 5.07. The summed E-state index contributed by atoms with van der Waals surface area (Å²) in [6.07, 6.45) is 3.74. The van der Waals surface area contributed by atoms with Gasteiger partial charge in [-0.3, -0.25) is 0 Å². The van der Waals surface area contributed by atoms with Crippen LogP contribution in [0.1, 0.15) is 24.3 Å². The number of hydrogen-bond donors (Lipinski definition) is 2. The molecule has 2 N–H and O–H groups in total. The van der Waals surface area contributed by atoms with E-state index in [1.165, 1.54) is 12.3 Å². The number of phenolic OH excluding ortho intramolecular Hbond substituents is 2. The third-order valence-corrected chi connectivity index (χ3v) is 2.51. The molecule has 0 saturated heterocycles. The number of aromatic nitrogens is 1. The van der Waals surface area contributed by atoms with Gasteiger partial charge >= 0.3 is 0 Å². The molecule has 0 aliphatic rings. The lowest BCUT2D eigenvalue weighted by Crippen LogP contribution is -1.99. The molecule has 84 valence electrons. The third kappa shape index (κ3) is 2.16. The summed E-state index contributed by atoms with van der Waals surface area (Å²) in [6, 6.07) is 4.60. The van der Waals surface area contributed by atoms with Gasteiger partial charge in [0.05, 0.1) is 6.20 Å². The number of hydrogen-bond acceptors (Lipinski definition) is 4. The van der Waals surface area contributed by atoms with Crippen LogP contribution in [0.4, 0.5) is 0 Å². The van der Waals surface area contributed by atoms with E-state index >= 15 is 0 Å². The minimum absolute atomic E-state index is 0.0598. The Morgan fingerprint density at radius 1 is 1.38 bits per heavy atom. The van der Waals surface area contributed by atoms with Crippen molar-refractivity contribution < 1.29 is 14.6 Å². The monoisotopic (exact) mass is 219 g/mol. The second-order valence-electron chi connectivity index (χ2n) is 3.77. The van der Waals surface area contributed by atoms with Crippen LogP contribution in [0.25, 0.3) is 0 Å². The van der Waals surface area contributed by atoms with E-state index < -0.39 is 0 Å². The number of benzene rings is 1. The number of nitrogens with zero attached hydrogens (tertiary/aromatic N) is 1. The van der Waals surface area contributed by atoms with E-state index in [0.29, 0.717) is 12.3 Å². The molecule has 4 heteroatoms. The fraction of sp³-hybridized carbons (Fsp3) is 0.250. The second kappa shape index (κ2) is 4.26. The normalized spacial score (nSPS) is 12.6. The van der Waals surface area contributed by atoms with Crippen molar-refractivity contribution in [3.8, 4) is 11.5 Å². The largest absolute Gasteiger partial charge is 0.508 e. The molecular weight excluding hydrogens is 206 g/mol. The Labute approximate surface area is 93.2 Å². The maximum atomic E-state index is 9.68. The molecule has 2 aromatic rings. The predicted molar refractivity (Wildman–Crippen MR) is 58.4 cm³/mol. The number of phenols is 2. The van der Waals surface area contributed by atoms with Gasteiger partial charge in [0.25, 0.3) is 0 Å². The first kappa shape index (κ1) is 10.5. The zero-order valence-electron chi connectivity index (χ0n) is 8.92. The van der Waals surface area contributed by atoms with Crippen molar-refractivity contribution in [2.24, 2.45) is 0 Å². The van der Waals surface area contributed by atoms with Crippen LogP contribution in [0.15, 0.2) is 35.1 Å². The van der Waals surface area contributed by atoms with Crippen molar-refractivity contribution in [1.82, 2.24) is 4.98 Å². The zero-order valence-corrected chi connectivity index (χ0v) is 8.92. The highest BCUT2D eigenvalue weighted by Gasteiger charge is 2.13. The number of oxazole rings is 1. The summed E-state index contributed by atoms with van der Waals surface area (Å²) in [5.74, 6) is 0.878. The molecule has 1 aromatic heterocycles. The van der Waals surface area contributed by atoms with Gasteiger partial charge < -0.3 is 14.6 Å². The molecule has 1 aromatic carbocycles. The molecule has 0 saturated carbocycles. The molecule has 0 spiro atoms. The minimum Gasteiger partial charge on any atom is -0.508 e. The summed E-state index contributed by atoms with van der Waals surface area (Å²) in [5.41, 5.74) is 0.774. The van der Waals surface area contributed by atoms with Crippen LogP contribution >= 0.6 is 0 Å². The minimum atomic E-state index is 0.0598. The smallest absolute Gasteiger partial charge is 0.194 e. The van der Waals surface area contributed by atoms with Crippen LogP contribution < -0.4 is 0 Å². The van der Waals surface area contributed by atoms with E-state index in [0.717, 1.165) is 5.56 Å². The summed E-state index contributed by atoms with van der Waals surface area (Å²) >= 11 is 0. The van der Waals surface area contributed by atoms with Gasteiger partial charge in [0.1, 0.15) is 17.8 Å². The molecule has 0 radical (unpaired) electrons. The first-order chi connectivity index (χ1) is 7.66. The molecule has 0 amide bonds. The summed E-state index contributed by atoms with van der Waals surface area (Å²) < 4.78 is 5.15. The van der Waals surface area contributed by atoms with Gasteiger partial charge in [0.2, 0.25) is 0 Å². The molecule has 16 heavy (non-hydrogen) atoms. The van der Waals surface area contributed by atoms with Crippen molar-refractivity contribution in [3.05, 3.63) is 42.1 Å². The Kier molecular flexibility index (Phi) is 2.81. The Bertz CT molecular complexity index is 465. The first-order valence-corrected chi connectivity index (χ1v) is 5.07. The predicted octanol–water partition coefficient (Wildman–Crippen LogP) is 2.43. The zero-order chi connectivity index (χ0) is 11.5. The molecule has 0 fully saturated rings. The van der Waals surface area contributed by atoms with Crippen LogP contribution in [-0.2, 0) is 6.42 Å². The van der Waals surface area contributed by atoms with Gasteiger partial charge in [0, 0.05) is 12.5 Å².